The molecule has 2 nitrogen and oxygen atoms in total. The highest BCUT2D eigenvalue weighted by molar-refractivity contribution is 6.08. The van der Waals surface area contributed by atoms with Crippen LogP contribution in [0.5, 0.6) is 0 Å². The number of hydrogen-bond acceptors (Lipinski definition) is 1. The molecule has 1 heterocycles. The molecule has 0 radical (unpaired) electrons. The highest BCUT2D eigenvalue weighted by Crippen LogP contribution is 2.31. The van der Waals surface area contributed by atoms with Crippen LogP contribution in [-0.4, -0.2) is 17.2 Å². The van der Waals surface area contributed by atoms with Crippen molar-refractivity contribution in [3.63, 3.8) is 0 Å². The lowest BCUT2D eigenvalue weighted by Crippen LogP contribution is -2.29. The molecule has 20 heavy (non-hydrogen) atoms. The molecule has 2 aromatic carbocycles. The van der Waals surface area contributed by atoms with Crippen LogP contribution in [-0.2, 0) is 0 Å². The number of hydrogen-bond donors (Lipinski definition) is 1. The van der Waals surface area contributed by atoms with Crippen molar-refractivity contribution < 1.29 is 0 Å². The van der Waals surface area contributed by atoms with E-state index in [1.807, 2.05) is 0 Å². The van der Waals surface area contributed by atoms with Crippen molar-refractivity contribution in [1.29, 1.82) is 0 Å². The average Bonchev–Trinajstić information content (AvgIpc) is 2.79. The first-order valence-corrected chi connectivity index (χ1v) is 7.39. The van der Waals surface area contributed by atoms with Gasteiger partial charge in [-0.25, -0.2) is 0 Å². The molecule has 0 spiro atoms. The van der Waals surface area contributed by atoms with E-state index in [2.05, 4.69) is 79.2 Å². The van der Waals surface area contributed by atoms with Gasteiger partial charge in [-0.2, -0.15) is 0 Å². The molecule has 0 saturated carbocycles. The first-order valence-electron chi connectivity index (χ1n) is 7.39. The summed E-state index contributed by atoms with van der Waals surface area (Å²) < 4.78 is 2.46. The fourth-order valence-electron chi connectivity index (χ4n) is 2.93. The van der Waals surface area contributed by atoms with Gasteiger partial charge in [-0.05, 0) is 19.1 Å². The molecule has 3 rings (SSSR count). The van der Waals surface area contributed by atoms with E-state index in [1.54, 1.807) is 0 Å². The monoisotopic (exact) mass is 266 g/mol. The van der Waals surface area contributed by atoms with Gasteiger partial charge in [0.05, 0.1) is 0 Å². The molecule has 3 aromatic rings. The molecule has 0 bridgehead atoms. The Kier molecular flexibility index (Phi) is 3.49. The van der Waals surface area contributed by atoms with Crippen LogP contribution in [0.25, 0.3) is 21.8 Å². The van der Waals surface area contributed by atoms with Crippen molar-refractivity contribution in [3.8, 4) is 0 Å². The number of nitrogens with zero attached hydrogens (tertiary/aromatic N) is 1. The van der Waals surface area contributed by atoms with Gasteiger partial charge in [-0.3, -0.25) is 0 Å². The predicted molar refractivity (Wildman–Crippen MR) is 87.3 cm³/mol. The predicted octanol–water partition coefficient (Wildman–Crippen LogP) is 4.35. The molecule has 0 amide bonds. The van der Waals surface area contributed by atoms with Crippen LogP contribution in [0.2, 0.25) is 0 Å². The van der Waals surface area contributed by atoms with Crippen LogP contribution in [0.1, 0.15) is 26.8 Å². The summed E-state index contributed by atoms with van der Waals surface area (Å²) in [6, 6.07) is 18.3. The number of benzene rings is 2. The number of rotatable bonds is 4. The highest BCUT2D eigenvalue weighted by Gasteiger charge is 2.14. The third kappa shape index (κ3) is 2.20. The zero-order valence-electron chi connectivity index (χ0n) is 12.4. The van der Waals surface area contributed by atoms with Gasteiger partial charge in [0.1, 0.15) is 0 Å². The van der Waals surface area contributed by atoms with Gasteiger partial charge in [-0.15, -0.1) is 0 Å². The smallest absolute Gasteiger partial charge is 0.0494 e. The minimum Gasteiger partial charge on any atom is -0.336 e. The number of aromatic nitrogens is 1. The Morgan fingerprint density at radius 1 is 0.850 bits per heavy atom. The number of fused-ring (bicyclic) bond motifs is 3. The van der Waals surface area contributed by atoms with E-state index in [9.17, 15) is 0 Å². The summed E-state index contributed by atoms with van der Waals surface area (Å²) in [7, 11) is 0. The van der Waals surface area contributed by atoms with Crippen LogP contribution in [0.15, 0.2) is 48.5 Å². The minimum atomic E-state index is 0.433. The summed E-state index contributed by atoms with van der Waals surface area (Å²) in [6.45, 7) is 7.66. The van der Waals surface area contributed by atoms with E-state index in [1.165, 1.54) is 21.8 Å². The first kappa shape index (κ1) is 13.2. The Bertz CT molecular complexity index is 671. The van der Waals surface area contributed by atoms with E-state index >= 15 is 0 Å². The summed E-state index contributed by atoms with van der Waals surface area (Å²) >= 11 is 0. The third-order valence-corrected chi connectivity index (χ3v) is 3.88. The Morgan fingerprint density at radius 2 is 1.35 bits per heavy atom. The Hall–Kier alpha value is -1.80. The van der Waals surface area contributed by atoms with E-state index < -0.39 is 0 Å². The van der Waals surface area contributed by atoms with E-state index in [4.69, 9.17) is 0 Å². The summed E-state index contributed by atoms with van der Waals surface area (Å²) in [5.74, 6) is 0. The Morgan fingerprint density at radius 3 is 1.85 bits per heavy atom. The van der Waals surface area contributed by atoms with E-state index in [0.29, 0.717) is 12.1 Å². The first-order chi connectivity index (χ1) is 9.68. The Balaban J connectivity index is 2.16. The zero-order valence-corrected chi connectivity index (χ0v) is 12.4. The maximum atomic E-state index is 3.54. The SMILES string of the molecule is CC(C)NCC(C)n1c2ccccc2c2ccccc21. The van der Waals surface area contributed by atoms with Crippen LogP contribution in [0.3, 0.4) is 0 Å². The van der Waals surface area contributed by atoms with Gasteiger partial charge < -0.3 is 9.88 Å². The second-order valence-corrected chi connectivity index (χ2v) is 5.82. The molecule has 1 aromatic heterocycles. The number of para-hydroxylation sites is 2. The molecular weight excluding hydrogens is 244 g/mol. The van der Waals surface area contributed by atoms with Gasteiger partial charge >= 0.3 is 0 Å². The van der Waals surface area contributed by atoms with Crippen LogP contribution in [0, 0.1) is 0 Å². The van der Waals surface area contributed by atoms with Crippen LogP contribution >= 0.6 is 0 Å². The largest absolute Gasteiger partial charge is 0.336 e. The van der Waals surface area contributed by atoms with Gasteiger partial charge in [0.2, 0.25) is 0 Å². The lowest BCUT2D eigenvalue weighted by Gasteiger charge is -2.19. The molecule has 0 aliphatic carbocycles. The summed E-state index contributed by atoms with van der Waals surface area (Å²) in [6.07, 6.45) is 0. The molecule has 2 heteroatoms. The van der Waals surface area contributed by atoms with E-state index in [-0.39, 0.29) is 0 Å². The summed E-state index contributed by atoms with van der Waals surface area (Å²) in [4.78, 5) is 0. The molecule has 0 aliphatic heterocycles. The quantitative estimate of drug-likeness (QED) is 0.742. The van der Waals surface area contributed by atoms with Gasteiger partial charge in [0.15, 0.2) is 0 Å². The summed E-state index contributed by atoms with van der Waals surface area (Å²) in [5.41, 5.74) is 2.65. The van der Waals surface area contributed by atoms with Crippen molar-refractivity contribution in [3.05, 3.63) is 48.5 Å². The standard InChI is InChI=1S/C18H22N2/c1-13(2)19-12-14(3)20-17-10-6-4-8-15(17)16-9-5-7-11-18(16)20/h4-11,13-14,19H,12H2,1-3H3. The second kappa shape index (κ2) is 5.29. The molecule has 0 fully saturated rings. The van der Waals surface area contributed by atoms with Crippen molar-refractivity contribution in [2.24, 2.45) is 0 Å². The maximum Gasteiger partial charge on any atom is 0.0494 e. The molecule has 1 atom stereocenters. The summed E-state index contributed by atoms with van der Waals surface area (Å²) in [5, 5.41) is 6.24. The van der Waals surface area contributed by atoms with Crippen molar-refractivity contribution >= 4 is 21.8 Å². The van der Waals surface area contributed by atoms with E-state index in [0.717, 1.165) is 6.54 Å². The molecular formula is C18H22N2. The van der Waals surface area contributed by atoms with Crippen molar-refractivity contribution in [2.45, 2.75) is 32.9 Å². The zero-order chi connectivity index (χ0) is 14.1. The average molecular weight is 266 g/mol. The molecule has 1 N–H and O–H groups in total. The fourth-order valence-corrected chi connectivity index (χ4v) is 2.93. The lowest BCUT2D eigenvalue weighted by atomic mass is 10.2. The molecule has 0 saturated heterocycles. The van der Waals surface area contributed by atoms with Gasteiger partial charge in [-0.1, -0.05) is 50.2 Å². The topological polar surface area (TPSA) is 17.0 Å². The maximum absolute atomic E-state index is 3.54. The lowest BCUT2D eigenvalue weighted by molar-refractivity contribution is 0.481. The van der Waals surface area contributed by atoms with Crippen molar-refractivity contribution in [2.75, 3.05) is 6.54 Å². The third-order valence-electron chi connectivity index (χ3n) is 3.88. The molecule has 104 valence electrons. The fraction of sp³-hybridized carbons (Fsp3) is 0.333. The van der Waals surface area contributed by atoms with Gasteiger partial charge in [0.25, 0.3) is 0 Å². The van der Waals surface area contributed by atoms with Crippen molar-refractivity contribution in [1.82, 2.24) is 9.88 Å². The Labute approximate surface area is 120 Å². The molecule has 1 unspecified atom stereocenters. The van der Waals surface area contributed by atoms with Crippen LogP contribution in [0.4, 0.5) is 0 Å². The van der Waals surface area contributed by atoms with Crippen LogP contribution < -0.4 is 5.32 Å². The van der Waals surface area contributed by atoms with Gasteiger partial charge in [0, 0.05) is 40.4 Å². The molecule has 0 aliphatic rings. The highest BCUT2D eigenvalue weighted by atomic mass is 15.1. The normalized spacial score (nSPS) is 13.4. The second-order valence-electron chi connectivity index (χ2n) is 5.82. The number of nitrogens with one attached hydrogen (secondary N) is 1. The minimum absolute atomic E-state index is 0.433.